The Hall–Kier alpha value is -2.73. The van der Waals surface area contributed by atoms with Crippen LogP contribution in [-0.4, -0.2) is 27.2 Å². The zero-order valence-electron chi connectivity index (χ0n) is 10.5. The fourth-order valence-electron chi connectivity index (χ4n) is 1.72. The Bertz CT molecular complexity index is 709. The van der Waals surface area contributed by atoms with Crippen LogP contribution >= 0.6 is 11.6 Å². The van der Waals surface area contributed by atoms with E-state index in [-0.39, 0.29) is 33.3 Å². The van der Waals surface area contributed by atoms with Crippen LogP contribution in [0.5, 0.6) is 11.5 Å². The molecule has 0 aromatic heterocycles. The summed E-state index contributed by atoms with van der Waals surface area (Å²) in [6.45, 7) is 0. The third-order valence-electron chi connectivity index (χ3n) is 2.70. The average molecular weight is 308 g/mol. The highest BCUT2D eigenvalue weighted by molar-refractivity contribution is 6.33. The second kappa shape index (κ2) is 5.72. The lowest BCUT2D eigenvalue weighted by atomic mass is 10.1. The van der Waals surface area contributed by atoms with E-state index in [0.29, 0.717) is 0 Å². The van der Waals surface area contributed by atoms with Crippen LogP contribution in [0.25, 0.3) is 0 Å². The molecule has 2 aromatic carbocycles. The molecule has 6 nitrogen and oxygen atoms in total. The lowest BCUT2D eigenvalue weighted by Crippen LogP contribution is -2.12. The highest BCUT2D eigenvalue weighted by Crippen LogP contribution is 2.28. The predicted molar refractivity (Wildman–Crippen MR) is 76.1 cm³/mol. The number of benzene rings is 2. The molecule has 0 unspecified atom stereocenters. The lowest BCUT2D eigenvalue weighted by molar-refractivity contribution is 0.0697. The highest BCUT2D eigenvalue weighted by Gasteiger charge is 2.17. The zero-order chi connectivity index (χ0) is 15.6. The van der Waals surface area contributed by atoms with Gasteiger partial charge in [-0.25, -0.2) is 4.79 Å². The Kier molecular flexibility index (Phi) is 4.00. The minimum Gasteiger partial charge on any atom is -0.507 e. The summed E-state index contributed by atoms with van der Waals surface area (Å²) in [4.78, 5) is 22.8. The van der Waals surface area contributed by atoms with E-state index in [1.807, 2.05) is 0 Å². The number of amides is 1. The van der Waals surface area contributed by atoms with Crippen molar-refractivity contribution in [2.24, 2.45) is 0 Å². The van der Waals surface area contributed by atoms with Crippen LogP contribution in [0.15, 0.2) is 36.4 Å². The summed E-state index contributed by atoms with van der Waals surface area (Å²) in [5, 5.41) is 30.4. The first kappa shape index (κ1) is 14.7. The fraction of sp³-hybridized carbons (Fsp3) is 0. The molecule has 4 N–H and O–H groups in total. The number of carboxylic acid groups (broad SMARTS) is 1. The monoisotopic (exact) mass is 307 g/mol. The van der Waals surface area contributed by atoms with E-state index >= 15 is 0 Å². The number of hydrogen-bond donors (Lipinski definition) is 4. The Morgan fingerprint density at radius 2 is 1.67 bits per heavy atom. The van der Waals surface area contributed by atoms with Gasteiger partial charge in [0.1, 0.15) is 17.1 Å². The summed E-state index contributed by atoms with van der Waals surface area (Å²) in [5.74, 6) is -2.68. The highest BCUT2D eigenvalue weighted by atomic mass is 35.5. The van der Waals surface area contributed by atoms with Crippen LogP contribution < -0.4 is 5.32 Å². The number of anilines is 1. The van der Waals surface area contributed by atoms with E-state index in [1.54, 1.807) is 0 Å². The van der Waals surface area contributed by atoms with E-state index in [4.69, 9.17) is 16.7 Å². The molecule has 0 spiro atoms. The van der Waals surface area contributed by atoms with Gasteiger partial charge in [-0.15, -0.1) is 0 Å². The Morgan fingerprint density at radius 3 is 2.19 bits per heavy atom. The van der Waals surface area contributed by atoms with Crippen LogP contribution in [0, 0.1) is 0 Å². The molecule has 2 rings (SSSR count). The Labute approximate surface area is 124 Å². The zero-order valence-corrected chi connectivity index (χ0v) is 11.3. The van der Waals surface area contributed by atoms with Crippen LogP contribution in [-0.2, 0) is 0 Å². The minimum absolute atomic E-state index is 0.0400. The smallest absolute Gasteiger partial charge is 0.337 e. The van der Waals surface area contributed by atoms with Crippen molar-refractivity contribution in [2.45, 2.75) is 0 Å². The van der Waals surface area contributed by atoms with Gasteiger partial charge in [0.25, 0.3) is 5.91 Å². The maximum Gasteiger partial charge on any atom is 0.337 e. The average Bonchev–Trinajstić information content (AvgIpc) is 2.37. The molecule has 0 saturated carbocycles. The molecule has 7 heteroatoms. The molecule has 108 valence electrons. The third-order valence-corrected chi connectivity index (χ3v) is 3.02. The van der Waals surface area contributed by atoms with Gasteiger partial charge >= 0.3 is 5.97 Å². The Balaban J connectivity index is 2.28. The maximum atomic E-state index is 12.0. The number of aromatic hydroxyl groups is 2. The van der Waals surface area contributed by atoms with Crippen molar-refractivity contribution in [3.63, 3.8) is 0 Å². The van der Waals surface area contributed by atoms with Crippen molar-refractivity contribution >= 4 is 29.2 Å². The van der Waals surface area contributed by atoms with Gasteiger partial charge in [-0.1, -0.05) is 17.7 Å². The van der Waals surface area contributed by atoms with Crippen molar-refractivity contribution in [2.75, 3.05) is 5.32 Å². The summed E-state index contributed by atoms with van der Waals surface area (Å²) in [6, 6.07) is 7.76. The molecular formula is C14H10ClNO5. The third kappa shape index (κ3) is 3.06. The van der Waals surface area contributed by atoms with Crippen molar-refractivity contribution in [3.8, 4) is 11.5 Å². The van der Waals surface area contributed by atoms with Crippen LogP contribution in [0.2, 0.25) is 5.02 Å². The number of aromatic carboxylic acids is 1. The van der Waals surface area contributed by atoms with Crippen LogP contribution in [0.3, 0.4) is 0 Å². The minimum atomic E-state index is -1.18. The fourth-order valence-corrected chi connectivity index (χ4v) is 1.98. The number of nitrogens with one attached hydrogen (secondary N) is 1. The van der Waals surface area contributed by atoms with Crippen molar-refractivity contribution in [1.82, 2.24) is 0 Å². The van der Waals surface area contributed by atoms with Gasteiger partial charge in [-0.05, 0) is 30.3 Å². The van der Waals surface area contributed by atoms with Crippen LogP contribution in [0.4, 0.5) is 5.69 Å². The van der Waals surface area contributed by atoms with E-state index < -0.39 is 11.9 Å². The molecule has 0 aliphatic carbocycles. The topological polar surface area (TPSA) is 107 Å². The number of phenols is 2. The summed E-state index contributed by atoms with van der Waals surface area (Å²) in [6.07, 6.45) is 0. The molecule has 0 fully saturated rings. The first-order valence-electron chi connectivity index (χ1n) is 5.75. The number of carbonyl (C=O) groups is 2. The number of carbonyl (C=O) groups excluding carboxylic acids is 1. The molecule has 0 saturated heterocycles. The van der Waals surface area contributed by atoms with Crippen molar-refractivity contribution in [3.05, 3.63) is 52.5 Å². The second-order valence-electron chi connectivity index (χ2n) is 4.13. The lowest BCUT2D eigenvalue weighted by Gasteiger charge is -2.09. The first-order chi connectivity index (χ1) is 9.90. The SMILES string of the molecule is O=C(O)c1ccc(NC(=O)c2c(O)cccc2O)cc1Cl. The van der Waals surface area contributed by atoms with Gasteiger partial charge in [0.05, 0.1) is 10.6 Å². The second-order valence-corrected chi connectivity index (χ2v) is 4.53. The Morgan fingerprint density at radius 1 is 1.05 bits per heavy atom. The van der Waals surface area contributed by atoms with Gasteiger partial charge in [-0.2, -0.15) is 0 Å². The van der Waals surface area contributed by atoms with E-state index in [9.17, 15) is 19.8 Å². The molecule has 0 bridgehead atoms. The maximum absolute atomic E-state index is 12.0. The van der Waals surface area contributed by atoms with Crippen LogP contribution in [0.1, 0.15) is 20.7 Å². The number of hydrogen-bond acceptors (Lipinski definition) is 4. The molecular weight excluding hydrogens is 298 g/mol. The molecule has 0 aliphatic rings. The van der Waals surface area contributed by atoms with Gasteiger partial charge in [-0.3, -0.25) is 4.79 Å². The summed E-state index contributed by atoms with van der Waals surface area (Å²) >= 11 is 5.79. The molecule has 0 atom stereocenters. The largest absolute Gasteiger partial charge is 0.507 e. The quantitative estimate of drug-likeness (QED) is 0.697. The molecule has 2 aromatic rings. The number of rotatable bonds is 3. The molecule has 0 aliphatic heterocycles. The van der Waals surface area contributed by atoms with Crippen molar-refractivity contribution < 1.29 is 24.9 Å². The number of halogens is 1. The van der Waals surface area contributed by atoms with E-state index in [2.05, 4.69) is 5.32 Å². The first-order valence-corrected chi connectivity index (χ1v) is 6.13. The molecule has 0 heterocycles. The van der Waals surface area contributed by atoms with E-state index in [1.165, 1.54) is 36.4 Å². The molecule has 1 amide bonds. The molecule has 21 heavy (non-hydrogen) atoms. The van der Waals surface area contributed by atoms with Gasteiger partial charge in [0.2, 0.25) is 0 Å². The standard InChI is InChI=1S/C14H10ClNO5/c15-9-6-7(4-5-8(9)14(20)21)16-13(19)12-10(17)2-1-3-11(12)18/h1-6,17-18H,(H,16,19)(H,20,21). The summed E-state index contributed by atoms with van der Waals surface area (Å²) in [7, 11) is 0. The van der Waals surface area contributed by atoms with E-state index in [0.717, 1.165) is 0 Å². The predicted octanol–water partition coefficient (Wildman–Crippen LogP) is 2.70. The van der Waals surface area contributed by atoms with Gasteiger partial charge in [0, 0.05) is 5.69 Å². The van der Waals surface area contributed by atoms with Crippen molar-refractivity contribution in [1.29, 1.82) is 0 Å². The number of carboxylic acids is 1. The normalized spacial score (nSPS) is 10.1. The summed E-state index contributed by atoms with van der Waals surface area (Å²) in [5.41, 5.74) is -0.145. The number of phenolic OH excluding ortho intramolecular Hbond substituents is 2. The van der Waals surface area contributed by atoms with Gasteiger partial charge < -0.3 is 20.6 Å². The summed E-state index contributed by atoms with van der Waals surface area (Å²) < 4.78 is 0. The molecule has 0 radical (unpaired) electrons. The van der Waals surface area contributed by atoms with Gasteiger partial charge in [0.15, 0.2) is 0 Å².